The topological polar surface area (TPSA) is 54.2 Å². The summed E-state index contributed by atoms with van der Waals surface area (Å²) in [6, 6.07) is 19.9. The second kappa shape index (κ2) is 8.05. The number of rotatable bonds is 4. The first-order valence-electron chi connectivity index (χ1n) is 8.69. The van der Waals surface area contributed by atoms with Crippen LogP contribution in [-0.4, -0.2) is 23.1 Å². The first-order valence-corrected chi connectivity index (χ1v) is 9.45. The third kappa shape index (κ3) is 4.03. The third-order valence-corrected chi connectivity index (χ3v) is 4.82. The zero-order valence-corrected chi connectivity index (χ0v) is 16.3. The Morgan fingerprint density at radius 2 is 1.61 bits per heavy atom. The van der Waals surface area contributed by atoms with Gasteiger partial charge in [-0.05, 0) is 42.5 Å². The first kappa shape index (κ1) is 18.5. The van der Waals surface area contributed by atoms with Crippen LogP contribution in [0, 0.1) is 0 Å². The average molecular weight is 411 g/mol. The standard InChI is InChI=1S/C22H16Cl2N2O2/c23-14-9-10-22(17(24)11-14)28-13-15-12-20(16-5-1-4-8-21(16)27)26-19-7-3-2-6-18(19)25-15/h1-11,27H,12-13H2. The molecule has 1 N–H and O–H groups in total. The summed E-state index contributed by atoms with van der Waals surface area (Å²) in [7, 11) is 0. The predicted octanol–water partition coefficient (Wildman–Crippen LogP) is 6.38. The van der Waals surface area contributed by atoms with Gasteiger partial charge in [0.05, 0.1) is 27.8 Å². The quantitative estimate of drug-likeness (QED) is 0.542. The Labute approximate surface area is 172 Å². The van der Waals surface area contributed by atoms with E-state index in [0.29, 0.717) is 27.8 Å². The van der Waals surface area contributed by atoms with Gasteiger partial charge in [0.2, 0.25) is 0 Å². The molecule has 1 aliphatic heterocycles. The van der Waals surface area contributed by atoms with Gasteiger partial charge >= 0.3 is 0 Å². The van der Waals surface area contributed by atoms with E-state index in [9.17, 15) is 5.11 Å². The van der Waals surface area contributed by atoms with E-state index in [1.807, 2.05) is 36.4 Å². The molecule has 0 aliphatic carbocycles. The molecule has 0 amide bonds. The number of hydrogen-bond acceptors (Lipinski definition) is 4. The van der Waals surface area contributed by atoms with Crippen molar-refractivity contribution in [2.24, 2.45) is 9.98 Å². The van der Waals surface area contributed by atoms with Crippen LogP contribution in [-0.2, 0) is 0 Å². The molecule has 1 heterocycles. The lowest BCUT2D eigenvalue weighted by Gasteiger charge is -2.11. The monoisotopic (exact) mass is 410 g/mol. The van der Waals surface area contributed by atoms with E-state index in [1.54, 1.807) is 30.3 Å². The first-order chi connectivity index (χ1) is 13.6. The van der Waals surface area contributed by atoms with Crippen molar-refractivity contribution in [3.63, 3.8) is 0 Å². The summed E-state index contributed by atoms with van der Waals surface area (Å²) in [4.78, 5) is 9.48. The molecule has 6 heteroatoms. The number of hydrogen-bond donors (Lipinski definition) is 1. The highest BCUT2D eigenvalue weighted by Crippen LogP contribution is 2.33. The molecule has 4 nitrogen and oxygen atoms in total. The SMILES string of the molecule is Oc1ccccc1C1=Nc2ccccc2N=C(COc2ccc(Cl)cc2Cl)C1. The van der Waals surface area contributed by atoms with Crippen molar-refractivity contribution in [1.82, 2.24) is 0 Å². The maximum Gasteiger partial charge on any atom is 0.138 e. The molecule has 140 valence electrons. The average Bonchev–Trinajstić information content (AvgIpc) is 2.87. The number of aliphatic imine (C=N–C) groups is 2. The number of phenolic OH excluding ortho intramolecular Hbond substituents is 1. The van der Waals surface area contributed by atoms with E-state index in [4.69, 9.17) is 37.9 Å². The molecule has 0 saturated heterocycles. The molecule has 4 rings (SSSR count). The molecule has 3 aromatic carbocycles. The highest BCUT2D eigenvalue weighted by molar-refractivity contribution is 6.35. The van der Waals surface area contributed by atoms with Gasteiger partial charge in [-0.2, -0.15) is 0 Å². The largest absolute Gasteiger partial charge is 0.507 e. The Morgan fingerprint density at radius 3 is 2.36 bits per heavy atom. The summed E-state index contributed by atoms with van der Waals surface area (Å²) in [5.74, 6) is 0.717. The number of benzene rings is 3. The molecule has 28 heavy (non-hydrogen) atoms. The molecular weight excluding hydrogens is 395 g/mol. The number of phenols is 1. The number of halogens is 2. The summed E-state index contributed by atoms with van der Waals surface area (Å²) >= 11 is 12.1. The van der Waals surface area contributed by atoms with Crippen LogP contribution in [0.2, 0.25) is 10.0 Å². The Bertz CT molecular complexity index is 1090. The minimum atomic E-state index is 0.182. The van der Waals surface area contributed by atoms with E-state index >= 15 is 0 Å². The van der Waals surface area contributed by atoms with Gasteiger partial charge in [-0.25, -0.2) is 0 Å². The van der Waals surface area contributed by atoms with E-state index in [-0.39, 0.29) is 12.4 Å². The number of nitrogens with zero attached hydrogens (tertiary/aromatic N) is 2. The number of aromatic hydroxyl groups is 1. The molecule has 0 bridgehead atoms. The van der Waals surface area contributed by atoms with Crippen LogP contribution >= 0.6 is 23.2 Å². The Kier molecular flexibility index (Phi) is 5.33. The fourth-order valence-corrected chi connectivity index (χ4v) is 3.41. The highest BCUT2D eigenvalue weighted by atomic mass is 35.5. The van der Waals surface area contributed by atoms with Crippen molar-refractivity contribution in [3.05, 3.63) is 82.3 Å². The Hall–Kier alpha value is -2.82. The summed E-state index contributed by atoms with van der Waals surface area (Å²) < 4.78 is 5.88. The molecule has 0 atom stereocenters. The van der Waals surface area contributed by atoms with Gasteiger partial charge in [0.25, 0.3) is 0 Å². The molecule has 0 aromatic heterocycles. The lowest BCUT2D eigenvalue weighted by atomic mass is 10.0. The van der Waals surface area contributed by atoms with E-state index in [1.165, 1.54) is 0 Å². The van der Waals surface area contributed by atoms with Gasteiger partial charge in [0, 0.05) is 17.0 Å². The summed E-state index contributed by atoms with van der Waals surface area (Å²) in [5, 5.41) is 11.3. The second-order valence-electron chi connectivity index (χ2n) is 6.28. The molecule has 0 unspecified atom stereocenters. The van der Waals surface area contributed by atoms with Crippen molar-refractivity contribution < 1.29 is 9.84 Å². The fraction of sp³-hybridized carbons (Fsp3) is 0.0909. The lowest BCUT2D eigenvalue weighted by Crippen LogP contribution is -2.16. The van der Waals surface area contributed by atoms with E-state index in [0.717, 1.165) is 22.8 Å². The summed E-state index contributed by atoms with van der Waals surface area (Å²) in [6.45, 7) is 0.238. The molecule has 0 radical (unpaired) electrons. The van der Waals surface area contributed by atoms with Gasteiger partial charge in [-0.15, -0.1) is 0 Å². The van der Waals surface area contributed by atoms with Crippen molar-refractivity contribution in [2.75, 3.05) is 6.61 Å². The summed E-state index contributed by atoms with van der Waals surface area (Å²) in [5.41, 5.74) is 3.69. The van der Waals surface area contributed by atoms with Crippen molar-refractivity contribution in [2.45, 2.75) is 6.42 Å². The third-order valence-electron chi connectivity index (χ3n) is 4.29. The van der Waals surface area contributed by atoms with Gasteiger partial charge in [-0.3, -0.25) is 9.98 Å². The minimum absolute atomic E-state index is 0.182. The zero-order valence-electron chi connectivity index (χ0n) is 14.8. The Balaban J connectivity index is 1.67. The van der Waals surface area contributed by atoms with Gasteiger partial charge in [-0.1, -0.05) is 47.5 Å². The van der Waals surface area contributed by atoms with E-state index < -0.39 is 0 Å². The van der Waals surface area contributed by atoms with Crippen molar-refractivity contribution >= 4 is 46.0 Å². The van der Waals surface area contributed by atoms with Crippen LogP contribution in [0.5, 0.6) is 11.5 Å². The lowest BCUT2D eigenvalue weighted by molar-refractivity contribution is 0.375. The molecule has 0 saturated carbocycles. The van der Waals surface area contributed by atoms with Crippen LogP contribution in [0.15, 0.2) is 76.7 Å². The van der Waals surface area contributed by atoms with Crippen molar-refractivity contribution in [1.29, 1.82) is 0 Å². The van der Waals surface area contributed by atoms with Crippen LogP contribution < -0.4 is 4.74 Å². The molecule has 0 spiro atoms. The van der Waals surface area contributed by atoms with Crippen LogP contribution in [0.4, 0.5) is 11.4 Å². The number of para-hydroxylation sites is 3. The molecule has 0 fully saturated rings. The predicted molar refractivity (Wildman–Crippen MR) is 114 cm³/mol. The normalized spacial score (nSPS) is 13.2. The summed E-state index contributed by atoms with van der Waals surface area (Å²) in [6.07, 6.45) is 0.442. The molecule has 3 aromatic rings. The second-order valence-corrected chi connectivity index (χ2v) is 7.13. The van der Waals surface area contributed by atoms with Crippen LogP contribution in [0.1, 0.15) is 12.0 Å². The molecule has 1 aliphatic rings. The van der Waals surface area contributed by atoms with E-state index in [2.05, 4.69) is 0 Å². The number of ether oxygens (including phenoxy) is 1. The van der Waals surface area contributed by atoms with Crippen LogP contribution in [0.3, 0.4) is 0 Å². The Morgan fingerprint density at radius 1 is 0.893 bits per heavy atom. The highest BCUT2D eigenvalue weighted by Gasteiger charge is 2.18. The fourth-order valence-electron chi connectivity index (χ4n) is 2.95. The van der Waals surface area contributed by atoms with Gasteiger partial charge < -0.3 is 9.84 Å². The van der Waals surface area contributed by atoms with Gasteiger partial charge in [0.1, 0.15) is 18.1 Å². The maximum atomic E-state index is 10.3. The van der Waals surface area contributed by atoms with Gasteiger partial charge in [0.15, 0.2) is 0 Å². The van der Waals surface area contributed by atoms with Crippen LogP contribution in [0.25, 0.3) is 0 Å². The molecular formula is C22H16Cl2N2O2. The number of fused-ring (bicyclic) bond motifs is 1. The maximum absolute atomic E-state index is 10.3. The zero-order chi connectivity index (χ0) is 19.5. The smallest absolute Gasteiger partial charge is 0.138 e. The minimum Gasteiger partial charge on any atom is -0.507 e. The van der Waals surface area contributed by atoms with Crippen molar-refractivity contribution in [3.8, 4) is 11.5 Å².